The van der Waals surface area contributed by atoms with Crippen LogP contribution >= 0.6 is 0 Å². The van der Waals surface area contributed by atoms with Crippen molar-refractivity contribution in [3.63, 3.8) is 0 Å². The number of hydrogen-bond acceptors (Lipinski definition) is 2. The van der Waals surface area contributed by atoms with Crippen molar-refractivity contribution in [2.24, 2.45) is 5.41 Å². The number of hydrogen-bond donors (Lipinski definition) is 2. The van der Waals surface area contributed by atoms with Crippen LogP contribution < -0.4 is 0 Å². The molecule has 1 unspecified atom stereocenters. The van der Waals surface area contributed by atoms with Gasteiger partial charge < -0.3 is 10.2 Å². The SMILES string of the molecule is CCCCC(CC)(CCCCCCCCCC(=O)O)C(=O)O. The summed E-state index contributed by atoms with van der Waals surface area (Å²) in [4.78, 5) is 22.0. The van der Waals surface area contributed by atoms with Crippen LogP contribution in [-0.4, -0.2) is 22.2 Å². The van der Waals surface area contributed by atoms with Crippen molar-refractivity contribution in [3.05, 3.63) is 0 Å². The predicted molar refractivity (Wildman–Crippen MR) is 89.1 cm³/mol. The van der Waals surface area contributed by atoms with Gasteiger partial charge in [-0.2, -0.15) is 0 Å². The summed E-state index contributed by atoms with van der Waals surface area (Å²) in [5, 5.41) is 18.1. The van der Waals surface area contributed by atoms with Crippen LogP contribution in [0, 0.1) is 5.41 Å². The van der Waals surface area contributed by atoms with Gasteiger partial charge in [0.15, 0.2) is 0 Å². The van der Waals surface area contributed by atoms with E-state index in [9.17, 15) is 14.7 Å². The normalized spacial score (nSPS) is 13.7. The van der Waals surface area contributed by atoms with Crippen molar-refractivity contribution in [1.29, 1.82) is 0 Å². The number of carbonyl (C=O) groups is 2. The first-order chi connectivity index (χ1) is 10.5. The Balaban J connectivity index is 3.80. The summed E-state index contributed by atoms with van der Waals surface area (Å²) in [5.74, 6) is -1.34. The number of rotatable bonds is 15. The summed E-state index contributed by atoms with van der Waals surface area (Å²) in [5.41, 5.74) is -0.516. The molecule has 4 nitrogen and oxygen atoms in total. The highest BCUT2D eigenvalue weighted by Gasteiger charge is 2.35. The molecule has 0 aliphatic carbocycles. The molecule has 4 heteroatoms. The molecule has 0 rings (SSSR count). The molecule has 130 valence electrons. The molecular formula is C18H34O4. The lowest BCUT2D eigenvalue weighted by Crippen LogP contribution is -2.30. The standard InChI is InChI=1S/C18H34O4/c1-3-5-14-18(4-2,17(21)22)15-12-10-8-6-7-9-11-13-16(19)20/h3-15H2,1-2H3,(H,19,20)(H,21,22). The third-order valence-electron chi connectivity index (χ3n) is 4.69. The molecule has 0 aliphatic rings. The van der Waals surface area contributed by atoms with Gasteiger partial charge >= 0.3 is 11.9 Å². The Morgan fingerprint density at radius 3 is 1.73 bits per heavy atom. The van der Waals surface area contributed by atoms with Gasteiger partial charge in [0.25, 0.3) is 0 Å². The van der Waals surface area contributed by atoms with Crippen molar-refractivity contribution in [3.8, 4) is 0 Å². The third-order valence-corrected chi connectivity index (χ3v) is 4.69. The predicted octanol–water partition coefficient (Wildman–Crippen LogP) is 5.25. The summed E-state index contributed by atoms with van der Waals surface area (Å²) in [6.45, 7) is 4.10. The Bertz CT molecular complexity index is 314. The lowest BCUT2D eigenvalue weighted by Gasteiger charge is -2.28. The van der Waals surface area contributed by atoms with E-state index in [1.807, 2.05) is 6.92 Å². The quantitative estimate of drug-likeness (QED) is 0.405. The fourth-order valence-electron chi connectivity index (χ4n) is 2.98. The third kappa shape index (κ3) is 9.06. The van der Waals surface area contributed by atoms with Gasteiger partial charge in [0.05, 0.1) is 5.41 Å². The molecule has 0 amide bonds. The molecule has 22 heavy (non-hydrogen) atoms. The first-order valence-corrected chi connectivity index (χ1v) is 8.93. The monoisotopic (exact) mass is 314 g/mol. The van der Waals surface area contributed by atoms with Gasteiger partial charge in [-0.25, -0.2) is 0 Å². The van der Waals surface area contributed by atoms with Gasteiger partial charge in [-0.1, -0.05) is 65.2 Å². The van der Waals surface area contributed by atoms with Crippen molar-refractivity contribution in [2.75, 3.05) is 0 Å². The number of unbranched alkanes of at least 4 members (excludes halogenated alkanes) is 7. The molecule has 0 bridgehead atoms. The van der Waals surface area contributed by atoms with Crippen molar-refractivity contribution in [1.82, 2.24) is 0 Å². The molecular weight excluding hydrogens is 280 g/mol. The van der Waals surface area contributed by atoms with Crippen LogP contribution in [0.1, 0.15) is 97.3 Å². The number of carboxylic acid groups (broad SMARTS) is 2. The molecule has 0 aromatic heterocycles. The van der Waals surface area contributed by atoms with Crippen LogP contribution in [0.4, 0.5) is 0 Å². The Kier molecular flexibility index (Phi) is 11.9. The molecule has 0 aromatic rings. The van der Waals surface area contributed by atoms with E-state index in [2.05, 4.69) is 6.92 Å². The van der Waals surface area contributed by atoms with E-state index in [1.165, 1.54) is 0 Å². The van der Waals surface area contributed by atoms with E-state index in [1.54, 1.807) is 0 Å². The highest BCUT2D eigenvalue weighted by atomic mass is 16.4. The second-order valence-corrected chi connectivity index (χ2v) is 6.41. The molecule has 0 saturated carbocycles. The van der Waals surface area contributed by atoms with Crippen LogP contribution in [0.15, 0.2) is 0 Å². The topological polar surface area (TPSA) is 74.6 Å². The molecule has 0 heterocycles. The summed E-state index contributed by atoms with van der Waals surface area (Å²) >= 11 is 0. The van der Waals surface area contributed by atoms with Gasteiger partial charge in [-0.15, -0.1) is 0 Å². The lowest BCUT2D eigenvalue weighted by atomic mass is 9.76. The van der Waals surface area contributed by atoms with E-state index in [0.29, 0.717) is 0 Å². The Morgan fingerprint density at radius 1 is 0.773 bits per heavy atom. The van der Waals surface area contributed by atoms with E-state index in [0.717, 1.165) is 77.0 Å². The van der Waals surface area contributed by atoms with E-state index in [-0.39, 0.29) is 6.42 Å². The lowest BCUT2D eigenvalue weighted by molar-refractivity contribution is -0.150. The maximum Gasteiger partial charge on any atom is 0.309 e. The van der Waals surface area contributed by atoms with Crippen LogP contribution in [0.5, 0.6) is 0 Å². The average Bonchev–Trinajstić information content (AvgIpc) is 2.48. The van der Waals surface area contributed by atoms with E-state index < -0.39 is 17.4 Å². The molecule has 0 aliphatic heterocycles. The second kappa shape index (κ2) is 12.5. The Hall–Kier alpha value is -1.06. The maximum atomic E-state index is 11.6. The maximum absolute atomic E-state index is 11.6. The zero-order valence-corrected chi connectivity index (χ0v) is 14.4. The van der Waals surface area contributed by atoms with Crippen LogP contribution in [0.2, 0.25) is 0 Å². The zero-order valence-electron chi connectivity index (χ0n) is 14.4. The van der Waals surface area contributed by atoms with Gasteiger partial charge in [-0.3, -0.25) is 9.59 Å². The summed E-state index contributed by atoms with van der Waals surface area (Å²) in [6, 6.07) is 0. The number of carboxylic acids is 2. The molecule has 0 aromatic carbocycles. The molecule has 0 spiro atoms. The zero-order chi connectivity index (χ0) is 16.8. The smallest absolute Gasteiger partial charge is 0.309 e. The van der Waals surface area contributed by atoms with Crippen molar-refractivity contribution < 1.29 is 19.8 Å². The van der Waals surface area contributed by atoms with Crippen molar-refractivity contribution >= 4 is 11.9 Å². The van der Waals surface area contributed by atoms with Gasteiger partial charge in [0.2, 0.25) is 0 Å². The molecule has 2 N–H and O–H groups in total. The second-order valence-electron chi connectivity index (χ2n) is 6.41. The molecule has 0 radical (unpaired) electrons. The van der Waals surface area contributed by atoms with E-state index in [4.69, 9.17) is 5.11 Å². The fraction of sp³-hybridized carbons (Fsp3) is 0.889. The minimum atomic E-state index is -0.711. The highest BCUT2D eigenvalue weighted by Crippen LogP contribution is 2.35. The summed E-state index contributed by atoms with van der Waals surface area (Å²) in [7, 11) is 0. The Morgan fingerprint density at radius 2 is 1.27 bits per heavy atom. The minimum absolute atomic E-state index is 0.273. The minimum Gasteiger partial charge on any atom is -0.481 e. The van der Waals surface area contributed by atoms with Crippen LogP contribution in [-0.2, 0) is 9.59 Å². The molecule has 0 saturated heterocycles. The number of aliphatic carboxylic acids is 2. The first-order valence-electron chi connectivity index (χ1n) is 8.93. The van der Waals surface area contributed by atoms with Gasteiger partial charge in [-0.05, 0) is 25.7 Å². The summed E-state index contributed by atoms with van der Waals surface area (Å²) in [6.07, 6.45) is 11.8. The van der Waals surface area contributed by atoms with Crippen LogP contribution in [0.3, 0.4) is 0 Å². The van der Waals surface area contributed by atoms with Crippen molar-refractivity contribution in [2.45, 2.75) is 97.3 Å². The molecule has 1 atom stereocenters. The molecule has 0 fully saturated rings. The fourth-order valence-corrected chi connectivity index (χ4v) is 2.98. The Labute approximate surface area is 135 Å². The van der Waals surface area contributed by atoms with Crippen LogP contribution in [0.25, 0.3) is 0 Å². The summed E-state index contributed by atoms with van der Waals surface area (Å²) < 4.78 is 0. The highest BCUT2D eigenvalue weighted by molar-refractivity contribution is 5.74. The van der Waals surface area contributed by atoms with Gasteiger partial charge in [0.1, 0.15) is 0 Å². The average molecular weight is 314 g/mol. The largest absolute Gasteiger partial charge is 0.481 e. The first kappa shape index (κ1) is 20.9. The van der Waals surface area contributed by atoms with Gasteiger partial charge in [0, 0.05) is 6.42 Å². The van der Waals surface area contributed by atoms with E-state index >= 15 is 0 Å².